The minimum Gasteiger partial charge on any atom is -0.436 e. The summed E-state index contributed by atoms with van der Waals surface area (Å²) in [5.41, 5.74) is 0.851. The molecule has 0 N–H and O–H groups in total. The van der Waals surface area contributed by atoms with Gasteiger partial charge in [0, 0.05) is 0 Å². The topological polar surface area (TPSA) is 18.5 Å². The maximum Gasteiger partial charge on any atom is 0.314 e. The molecule has 29 heavy (non-hydrogen) atoms. The molecule has 172 valence electrons. The number of hydrogen-bond acceptors (Lipinski definition) is 2. The molecule has 2 rings (SSSR count). The standard InChI is InChI=1S/C24H52O2Si3/c1-7-8-22-29(6,26-28(4,5)24-19-13-10-14-20-24)25-27(2,3)21-15-18-23-16-11-9-12-17-23/h23-24H,7-22H2,1-6H3. The molecule has 0 spiro atoms. The van der Waals surface area contributed by atoms with Gasteiger partial charge in [0.05, 0.1) is 0 Å². The molecule has 2 aliphatic rings. The fraction of sp³-hybridized carbons (Fsp3) is 1.00. The van der Waals surface area contributed by atoms with E-state index in [4.69, 9.17) is 8.23 Å². The maximum absolute atomic E-state index is 7.19. The third-order valence-corrected chi connectivity index (χ3v) is 20.8. The van der Waals surface area contributed by atoms with Crippen LogP contribution in [0.2, 0.25) is 50.4 Å². The highest BCUT2D eigenvalue weighted by molar-refractivity contribution is 6.88. The Morgan fingerprint density at radius 2 is 1.28 bits per heavy atom. The monoisotopic (exact) mass is 456 g/mol. The first-order valence-electron chi connectivity index (χ1n) is 13.1. The van der Waals surface area contributed by atoms with Gasteiger partial charge < -0.3 is 8.23 Å². The van der Waals surface area contributed by atoms with Crippen molar-refractivity contribution in [2.45, 2.75) is 147 Å². The van der Waals surface area contributed by atoms with Crippen molar-refractivity contribution < 1.29 is 8.23 Å². The average molecular weight is 457 g/mol. The van der Waals surface area contributed by atoms with Gasteiger partial charge in [-0.2, -0.15) is 0 Å². The molecule has 0 amide bonds. The lowest BCUT2D eigenvalue weighted by Gasteiger charge is -2.44. The van der Waals surface area contributed by atoms with E-state index in [0.29, 0.717) is 0 Å². The SMILES string of the molecule is CCCC[Si](C)(O[Si](C)(C)CCCC1CCCCC1)O[Si](C)(C)C1CCCCC1. The van der Waals surface area contributed by atoms with Crippen LogP contribution in [0.5, 0.6) is 0 Å². The predicted molar refractivity (Wildman–Crippen MR) is 136 cm³/mol. The van der Waals surface area contributed by atoms with Crippen LogP contribution in [0.1, 0.15) is 96.8 Å². The van der Waals surface area contributed by atoms with Crippen molar-refractivity contribution in [3.05, 3.63) is 0 Å². The van der Waals surface area contributed by atoms with E-state index in [9.17, 15) is 0 Å². The van der Waals surface area contributed by atoms with Crippen LogP contribution in [0.3, 0.4) is 0 Å². The van der Waals surface area contributed by atoms with E-state index in [2.05, 4.69) is 39.7 Å². The first-order valence-corrected chi connectivity index (χ1v) is 21.7. The van der Waals surface area contributed by atoms with Crippen molar-refractivity contribution in [1.29, 1.82) is 0 Å². The smallest absolute Gasteiger partial charge is 0.314 e. The Morgan fingerprint density at radius 3 is 1.86 bits per heavy atom. The van der Waals surface area contributed by atoms with Crippen LogP contribution in [0.25, 0.3) is 0 Å². The van der Waals surface area contributed by atoms with Crippen LogP contribution in [0, 0.1) is 5.92 Å². The van der Waals surface area contributed by atoms with Gasteiger partial charge in [-0.1, -0.05) is 96.8 Å². The minimum absolute atomic E-state index is 0.851. The summed E-state index contributed by atoms with van der Waals surface area (Å²) in [6.45, 7) is 14.7. The molecule has 5 heteroatoms. The molecule has 2 nitrogen and oxygen atoms in total. The van der Waals surface area contributed by atoms with Gasteiger partial charge in [-0.15, -0.1) is 0 Å². The van der Waals surface area contributed by atoms with Crippen LogP contribution < -0.4 is 0 Å². The van der Waals surface area contributed by atoms with Crippen LogP contribution in [-0.2, 0) is 8.23 Å². The summed E-state index contributed by atoms with van der Waals surface area (Å²) < 4.78 is 14.3. The Bertz CT molecular complexity index is 457. The predicted octanol–water partition coefficient (Wildman–Crippen LogP) is 9.00. The molecule has 2 aliphatic carbocycles. The van der Waals surface area contributed by atoms with Gasteiger partial charge in [0.1, 0.15) is 0 Å². The lowest BCUT2D eigenvalue weighted by atomic mass is 9.86. The Labute approximate surface area is 186 Å². The fourth-order valence-electron chi connectivity index (χ4n) is 5.99. The highest BCUT2D eigenvalue weighted by atomic mass is 28.5. The zero-order chi connectivity index (χ0) is 21.4. The van der Waals surface area contributed by atoms with E-state index in [1.165, 1.54) is 102 Å². The Morgan fingerprint density at radius 1 is 0.690 bits per heavy atom. The third-order valence-electron chi connectivity index (χ3n) is 7.66. The fourth-order valence-corrected chi connectivity index (χ4v) is 21.4. The van der Waals surface area contributed by atoms with E-state index in [1.54, 1.807) is 0 Å². The highest BCUT2D eigenvalue weighted by Gasteiger charge is 2.45. The molecule has 0 aromatic rings. The van der Waals surface area contributed by atoms with Crippen molar-refractivity contribution in [2.24, 2.45) is 5.92 Å². The normalized spacial score (nSPS) is 22.6. The van der Waals surface area contributed by atoms with Crippen molar-refractivity contribution >= 4 is 25.2 Å². The van der Waals surface area contributed by atoms with Crippen LogP contribution in [-0.4, -0.2) is 25.2 Å². The first-order chi connectivity index (χ1) is 13.7. The maximum atomic E-state index is 7.19. The minimum atomic E-state index is -2.09. The van der Waals surface area contributed by atoms with E-state index in [-0.39, 0.29) is 0 Å². The molecule has 1 unspecified atom stereocenters. The van der Waals surface area contributed by atoms with Crippen molar-refractivity contribution in [1.82, 2.24) is 0 Å². The van der Waals surface area contributed by atoms with Crippen molar-refractivity contribution in [2.75, 3.05) is 0 Å². The lowest BCUT2D eigenvalue weighted by Crippen LogP contribution is -2.55. The van der Waals surface area contributed by atoms with Crippen molar-refractivity contribution in [3.8, 4) is 0 Å². The summed E-state index contributed by atoms with van der Waals surface area (Å²) in [6.07, 6.45) is 19.8. The summed E-state index contributed by atoms with van der Waals surface area (Å²) in [4.78, 5) is 0. The van der Waals surface area contributed by atoms with Gasteiger partial charge in [-0.25, -0.2) is 0 Å². The summed E-state index contributed by atoms with van der Waals surface area (Å²) in [6, 6.07) is 2.53. The molecular formula is C24H52O2Si3. The largest absolute Gasteiger partial charge is 0.436 e. The number of rotatable bonds is 12. The zero-order valence-corrected chi connectivity index (χ0v) is 23.8. The van der Waals surface area contributed by atoms with Crippen LogP contribution in [0.4, 0.5) is 0 Å². The van der Waals surface area contributed by atoms with E-state index >= 15 is 0 Å². The summed E-state index contributed by atoms with van der Waals surface area (Å²) >= 11 is 0. The summed E-state index contributed by atoms with van der Waals surface area (Å²) in [7, 11) is -5.44. The zero-order valence-electron chi connectivity index (χ0n) is 20.8. The quantitative estimate of drug-likeness (QED) is 0.273. The van der Waals surface area contributed by atoms with Crippen LogP contribution >= 0.6 is 0 Å². The van der Waals surface area contributed by atoms with Gasteiger partial charge in [0.2, 0.25) is 0 Å². The molecule has 2 saturated carbocycles. The average Bonchev–Trinajstić information content (AvgIpc) is 2.67. The molecule has 0 aliphatic heterocycles. The summed E-state index contributed by atoms with van der Waals surface area (Å²) in [5.74, 6) is 1.01. The Hall–Kier alpha value is 0.571. The highest BCUT2D eigenvalue weighted by Crippen LogP contribution is 2.40. The van der Waals surface area contributed by atoms with Gasteiger partial charge in [-0.05, 0) is 56.3 Å². The van der Waals surface area contributed by atoms with Crippen molar-refractivity contribution in [3.63, 3.8) is 0 Å². The van der Waals surface area contributed by atoms with Gasteiger partial charge >= 0.3 is 8.56 Å². The Balaban J connectivity index is 1.93. The number of hydrogen-bond donors (Lipinski definition) is 0. The Kier molecular flexibility index (Phi) is 10.7. The van der Waals surface area contributed by atoms with Gasteiger partial charge in [0.15, 0.2) is 16.6 Å². The first kappa shape index (κ1) is 25.8. The van der Waals surface area contributed by atoms with Gasteiger partial charge in [-0.3, -0.25) is 0 Å². The molecule has 0 radical (unpaired) electrons. The summed E-state index contributed by atoms with van der Waals surface area (Å²) in [5, 5.41) is 0. The second-order valence-electron chi connectivity index (χ2n) is 11.5. The second-order valence-corrected chi connectivity index (χ2v) is 24.0. The van der Waals surface area contributed by atoms with E-state index in [1.807, 2.05) is 0 Å². The molecule has 0 aromatic carbocycles. The molecule has 0 saturated heterocycles. The molecule has 0 heterocycles. The molecule has 1 atom stereocenters. The third kappa shape index (κ3) is 9.30. The molecule has 2 fully saturated rings. The van der Waals surface area contributed by atoms with Crippen LogP contribution in [0.15, 0.2) is 0 Å². The van der Waals surface area contributed by atoms with Gasteiger partial charge in [0.25, 0.3) is 0 Å². The lowest BCUT2D eigenvalue weighted by molar-refractivity contribution is 0.331. The second kappa shape index (κ2) is 12.0. The molecule has 0 aromatic heterocycles. The molecular weight excluding hydrogens is 405 g/mol. The van der Waals surface area contributed by atoms with E-state index < -0.39 is 25.2 Å². The number of unbranched alkanes of at least 4 members (excludes halogenated alkanes) is 1. The molecule has 0 bridgehead atoms. The van der Waals surface area contributed by atoms with E-state index in [0.717, 1.165) is 11.5 Å².